The van der Waals surface area contributed by atoms with Gasteiger partial charge in [0.05, 0.1) is 13.0 Å². The summed E-state index contributed by atoms with van der Waals surface area (Å²) in [4.78, 5) is 21.4. The maximum absolute atomic E-state index is 11.2. The predicted molar refractivity (Wildman–Crippen MR) is 59.0 cm³/mol. The summed E-state index contributed by atoms with van der Waals surface area (Å²) in [5.41, 5.74) is 0. The van der Waals surface area contributed by atoms with Crippen LogP contribution in [0.5, 0.6) is 0 Å². The lowest BCUT2D eigenvalue weighted by Crippen LogP contribution is -2.48. The van der Waals surface area contributed by atoms with Gasteiger partial charge in [0.2, 0.25) is 0 Å². The van der Waals surface area contributed by atoms with Crippen LogP contribution in [0.25, 0.3) is 0 Å². The molecular weight excluding hydrogens is 206 g/mol. The molecule has 86 valence electrons. The smallest absolute Gasteiger partial charge is 0.306 e. The third-order valence-corrected chi connectivity index (χ3v) is 2.61. The van der Waals surface area contributed by atoms with Crippen molar-refractivity contribution in [1.29, 1.82) is 0 Å². The van der Waals surface area contributed by atoms with Crippen LogP contribution < -0.4 is 4.90 Å². The van der Waals surface area contributed by atoms with Gasteiger partial charge in [-0.05, 0) is 13.0 Å². The Labute approximate surface area is 94.5 Å². The third-order valence-electron chi connectivity index (χ3n) is 2.61. The van der Waals surface area contributed by atoms with Crippen LogP contribution in [0.1, 0.15) is 13.3 Å². The van der Waals surface area contributed by atoms with Gasteiger partial charge in [0.25, 0.3) is 0 Å². The van der Waals surface area contributed by atoms with Crippen molar-refractivity contribution in [2.45, 2.75) is 13.3 Å². The number of anilines is 1. The van der Waals surface area contributed by atoms with Gasteiger partial charge in [0.15, 0.2) is 0 Å². The molecule has 0 aliphatic carbocycles. The van der Waals surface area contributed by atoms with Gasteiger partial charge >= 0.3 is 5.97 Å². The van der Waals surface area contributed by atoms with Gasteiger partial charge in [0, 0.05) is 25.2 Å². The predicted octanol–water partition coefficient (Wildman–Crippen LogP) is 0.866. The van der Waals surface area contributed by atoms with Gasteiger partial charge < -0.3 is 9.64 Å². The Bertz CT molecular complexity index is 350. The normalized spacial score (nSPS) is 15.7. The monoisotopic (exact) mass is 221 g/mol. The van der Waals surface area contributed by atoms with Crippen LogP contribution in [0.2, 0.25) is 0 Å². The second kappa shape index (κ2) is 4.92. The highest BCUT2D eigenvalue weighted by atomic mass is 16.5. The Morgan fingerprint density at radius 1 is 1.62 bits per heavy atom. The van der Waals surface area contributed by atoms with Gasteiger partial charge in [-0.2, -0.15) is 0 Å². The summed E-state index contributed by atoms with van der Waals surface area (Å²) in [5, 5.41) is 0. The lowest BCUT2D eigenvalue weighted by atomic mass is 9.96. The summed E-state index contributed by atoms with van der Waals surface area (Å²) in [6.07, 6.45) is 3.77. The zero-order valence-corrected chi connectivity index (χ0v) is 9.30. The molecule has 2 heterocycles. The number of nitrogens with zero attached hydrogens (tertiary/aromatic N) is 3. The first-order valence-electron chi connectivity index (χ1n) is 5.46. The van der Waals surface area contributed by atoms with Crippen LogP contribution in [0.3, 0.4) is 0 Å². The second-order valence-corrected chi connectivity index (χ2v) is 3.85. The first-order valence-corrected chi connectivity index (χ1v) is 5.46. The van der Waals surface area contributed by atoms with Crippen LogP contribution in [0.15, 0.2) is 18.6 Å². The molecule has 1 aromatic heterocycles. The van der Waals surface area contributed by atoms with Gasteiger partial charge in [-0.25, -0.2) is 9.97 Å². The van der Waals surface area contributed by atoms with Gasteiger partial charge in [-0.1, -0.05) is 0 Å². The average Bonchev–Trinajstić information content (AvgIpc) is 2.24. The fourth-order valence-corrected chi connectivity index (χ4v) is 1.81. The molecule has 0 saturated carbocycles. The summed E-state index contributed by atoms with van der Waals surface area (Å²) in [6, 6.07) is 1.88. The number of ether oxygens (including phenoxy) is 1. The van der Waals surface area contributed by atoms with Crippen molar-refractivity contribution in [2.24, 2.45) is 5.92 Å². The Morgan fingerprint density at radius 3 is 3.06 bits per heavy atom. The average molecular weight is 221 g/mol. The van der Waals surface area contributed by atoms with Crippen LogP contribution in [0.4, 0.5) is 5.82 Å². The molecule has 0 amide bonds. The SMILES string of the molecule is CCOC(=O)CC1CN(c2ccncn2)C1. The largest absolute Gasteiger partial charge is 0.466 e. The molecule has 0 unspecified atom stereocenters. The van der Waals surface area contributed by atoms with E-state index >= 15 is 0 Å². The Balaban J connectivity index is 1.76. The number of esters is 1. The number of aromatic nitrogens is 2. The van der Waals surface area contributed by atoms with E-state index in [4.69, 9.17) is 4.74 Å². The van der Waals surface area contributed by atoms with Crippen LogP contribution >= 0.6 is 0 Å². The molecule has 1 aromatic rings. The number of carbonyl (C=O) groups is 1. The summed E-state index contributed by atoms with van der Waals surface area (Å²) < 4.78 is 4.91. The lowest BCUT2D eigenvalue weighted by Gasteiger charge is -2.39. The molecule has 0 spiro atoms. The molecule has 1 aliphatic rings. The Hall–Kier alpha value is -1.65. The van der Waals surface area contributed by atoms with E-state index in [0.29, 0.717) is 18.9 Å². The van der Waals surface area contributed by atoms with Gasteiger partial charge in [-0.3, -0.25) is 4.79 Å². The standard InChI is InChI=1S/C11H15N3O2/c1-2-16-11(15)5-9-6-14(7-9)10-3-4-12-8-13-10/h3-4,8-9H,2,5-7H2,1H3. The zero-order valence-electron chi connectivity index (χ0n) is 9.30. The van der Waals surface area contributed by atoms with E-state index in [1.54, 1.807) is 6.20 Å². The van der Waals surface area contributed by atoms with Crippen LogP contribution in [-0.4, -0.2) is 35.6 Å². The molecule has 5 heteroatoms. The van der Waals surface area contributed by atoms with E-state index in [9.17, 15) is 4.79 Å². The van der Waals surface area contributed by atoms with E-state index in [1.807, 2.05) is 13.0 Å². The van der Waals surface area contributed by atoms with Crippen molar-refractivity contribution >= 4 is 11.8 Å². The number of carbonyl (C=O) groups excluding carboxylic acids is 1. The minimum absolute atomic E-state index is 0.102. The first-order chi connectivity index (χ1) is 7.79. The van der Waals surface area contributed by atoms with E-state index in [0.717, 1.165) is 18.9 Å². The van der Waals surface area contributed by atoms with E-state index < -0.39 is 0 Å². The molecule has 0 bridgehead atoms. The quantitative estimate of drug-likeness (QED) is 0.706. The maximum atomic E-state index is 11.2. The maximum Gasteiger partial charge on any atom is 0.306 e. The second-order valence-electron chi connectivity index (χ2n) is 3.85. The van der Waals surface area contributed by atoms with Crippen LogP contribution in [-0.2, 0) is 9.53 Å². The van der Waals surface area contributed by atoms with Gasteiger partial charge in [0.1, 0.15) is 12.1 Å². The van der Waals surface area contributed by atoms with E-state index in [-0.39, 0.29) is 5.97 Å². The molecule has 0 radical (unpaired) electrons. The highest BCUT2D eigenvalue weighted by Crippen LogP contribution is 2.24. The van der Waals surface area contributed by atoms with Crippen LogP contribution in [0, 0.1) is 5.92 Å². The molecule has 1 fully saturated rings. The summed E-state index contributed by atoms with van der Waals surface area (Å²) in [7, 11) is 0. The summed E-state index contributed by atoms with van der Waals surface area (Å²) >= 11 is 0. The molecule has 1 saturated heterocycles. The molecular formula is C11H15N3O2. The van der Waals surface area contributed by atoms with Crippen molar-refractivity contribution in [3.05, 3.63) is 18.6 Å². The third kappa shape index (κ3) is 2.48. The minimum Gasteiger partial charge on any atom is -0.466 e. The van der Waals surface area contributed by atoms with Gasteiger partial charge in [-0.15, -0.1) is 0 Å². The molecule has 0 N–H and O–H groups in total. The fourth-order valence-electron chi connectivity index (χ4n) is 1.81. The van der Waals surface area contributed by atoms with E-state index in [1.165, 1.54) is 6.33 Å². The molecule has 1 aliphatic heterocycles. The fraction of sp³-hybridized carbons (Fsp3) is 0.545. The topological polar surface area (TPSA) is 55.3 Å². The van der Waals surface area contributed by atoms with Crippen molar-refractivity contribution in [3.63, 3.8) is 0 Å². The van der Waals surface area contributed by atoms with E-state index in [2.05, 4.69) is 14.9 Å². The van der Waals surface area contributed by atoms with Crippen molar-refractivity contribution in [1.82, 2.24) is 9.97 Å². The molecule has 0 aromatic carbocycles. The molecule has 16 heavy (non-hydrogen) atoms. The lowest BCUT2D eigenvalue weighted by molar-refractivity contribution is -0.144. The number of hydrogen-bond donors (Lipinski definition) is 0. The molecule has 2 rings (SSSR count). The summed E-state index contributed by atoms with van der Waals surface area (Å²) in [5.74, 6) is 1.22. The molecule has 0 atom stereocenters. The summed E-state index contributed by atoms with van der Waals surface area (Å²) in [6.45, 7) is 4.03. The first kappa shape index (κ1) is 10.9. The Kier molecular flexibility index (Phi) is 3.34. The zero-order chi connectivity index (χ0) is 11.4. The highest BCUT2D eigenvalue weighted by molar-refractivity contribution is 5.70. The molecule has 5 nitrogen and oxygen atoms in total. The van der Waals surface area contributed by atoms with Crippen molar-refractivity contribution in [3.8, 4) is 0 Å². The minimum atomic E-state index is -0.102. The van der Waals surface area contributed by atoms with Crippen molar-refractivity contribution in [2.75, 3.05) is 24.6 Å². The highest BCUT2D eigenvalue weighted by Gasteiger charge is 2.29. The Morgan fingerprint density at radius 2 is 2.44 bits per heavy atom. The van der Waals surface area contributed by atoms with Crippen molar-refractivity contribution < 1.29 is 9.53 Å². The number of hydrogen-bond acceptors (Lipinski definition) is 5. The number of rotatable bonds is 4.